The molecule has 0 fully saturated rings. The van der Waals surface area contributed by atoms with Gasteiger partial charge in [-0.3, -0.25) is 4.84 Å². The third-order valence-corrected chi connectivity index (χ3v) is 5.19. The van der Waals surface area contributed by atoms with Gasteiger partial charge in [-0.25, -0.2) is 0 Å². The molecule has 0 aliphatic carbocycles. The summed E-state index contributed by atoms with van der Waals surface area (Å²) in [5, 5.41) is 1.70. The first kappa shape index (κ1) is 19.2. The first-order valence-electron chi connectivity index (χ1n) is 8.02. The van der Waals surface area contributed by atoms with Crippen molar-refractivity contribution in [1.29, 1.82) is 0 Å². The second-order valence-corrected chi connectivity index (χ2v) is 11.5. The number of benzene rings is 2. The summed E-state index contributed by atoms with van der Waals surface area (Å²) in [6.07, 6.45) is 0. The molecule has 0 heterocycles. The second kappa shape index (κ2) is 7.81. The third kappa shape index (κ3) is 4.26. The lowest BCUT2D eigenvalue weighted by atomic mass is 9.99. The van der Waals surface area contributed by atoms with Crippen molar-refractivity contribution in [2.45, 2.75) is 25.4 Å². The van der Waals surface area contributed by atoms with Crippen LogP contribution in [-0.2, 0) is 15.0 Å². The van der Waals surface area contributed by atoms with Gasteiger partial charge in [0.2, 0.25) is 0 Å². The zero-order valence-electron chi connectivity index (χ0n) is 15.0. The van der Waals surface area contributed by atoms with Crippen LogP contribution in [0.3, 0.4) is 0 Å². The van der Waals surface area contributed by atoms with E-state index < -0.39 is 14.0 Å². The van der Waals surface area contributed by atoms with Crippen molar-refractivity contribution in [2.24, 2.45) is 0 Å². The Balaban J connectivity index is 2.43. The van der Waals surface area contributed by atoms with Gasteiger partial charge in [0.1, 0.15) is 0 Å². The number of alkyl halides is 1. The molecule has 0 saturated heterocycles. The fraction of sp³-hybridized carbons (Fsp3) is 0.368. The molecule has 0 N–H and O–H groups in total. The summed E-state index contributed by atoms with van der Waals surface area (Å²) in [7, 11) is 1.63. The van der Waals surface area contributed by atoms with E-state index in [0.29, 0.717) is 0 Å². The Morgan fingerprint density at radius 2 is 1.50 bits per heavy atom. The summed E-state index contributed by atoms with van der Waals surface area (Å²) in [4.78, 5) is 5.47. The largest absolute Gasteiger partial charge is 0.394 e. The van der Waals surface area contributed by atoms with Gasteiger partial charge >= 0.3 is 0 Å². The molecule has 2 aromatic carbocycles. The van der Waals surface area contributed by atoms with Gasteiger partial charge in [0, 0.05) is 12.6 Å². The summed E-state index contributed by atoms with van der Waals surface area (Å²) >= 11 is 6.37. The van der Waals surface area contributed by atoms with Gasteiger partial charge in [-0.05, 0) is 30.8 Å². The van der Waals surface area contributed by atoms with Gasteiger partial charge in [0.15, 0.2) is 14.0 Å². The molecule has 130 valence electrons. The molecule has 0 saturated carbocycles. The Hall–Kier alpha value is -1.17. The van der Waals surface area contributed by atoms with Crippen molar-refractivity contribution in [3.05, 3.63) is 60.2 Å². The minimum absolute atomic E-state index is 0.284. The van der Waals surface area contributed by atoms with E-state index in [9.17, 15) is 0 Å². The normalized spacial score (nSPS) is 14.6. The van der Waals surface area contributed by atoms with Gasteiger partial charge in [0.05, 0.1) is 13.0 Å². The van der Waals surface area contributed by atoms with E-state index in [-0.39, 0.29) is 5.88 Å². The number of hydroxylamine groups is 2. The van der Waals surface area contributed by atoms with Crippen LogP contribution in [-0.4, -0.2) is 33.4 Å². The first-order chi connectivity index (χ1) is 11.3. The maximum absolute atomic E-state index is 6.47. The summed E-state index contributed by atoms with van der Waals surface area (Å²) in [6, 6.07) is 18.6. The van der Waals surface area contributed by atoms with Gasteiger partial charge in [-0.2, -0.15) is 5.06 Å². The highest BCUT2D eigenvalue weighted by atomic mass is 35.5. The monoisotopic (exact) mass is 363 g/mol. The van der Waals surface area contributed by atoms with Gasteiger partial charge in [-0.1, -0.05) is 54.6 Å². The molecule has 24 heavy (non-hydrogen) atoms. The Bertz CT molecular complexity index is 643. The van der Waals surface area contributed by atoms with E-state index in [1.165, 1.54) is 5.56 Å². The molecule has 2 rings (SSSR count). The molecule has 0 spiro atoms. The predicted octanol–water partition coefficient (Wildman–Crippen LogP) is 5.09. The molecule has 0 aromatic heterocycles. The van der Waals surface area contributed by atoms with Crippen LogP contribution in [0.5, 0.6) is 0 Å². The van der Waals surface area contributed by atoms with Gasteiger partial charge in [0.25, 0.3) is 0 Å². The Morgan fingerprint density at radius 3 is 1.96 bits per heavy atom. The highest BCUT2D eigenvalue weighted by molar-refractivity contribution is 6.69. The zero-order valence-corrected chi connectivity index (χ0v) is 16.8. The smallest absolute Gasteiger partial charge is 0.186 e. The fourth-order valence-corrected chi connectivity index (χ4v) is 4.50. The van der Waals surface area contributed by atoms with E-state index in [4.69, 9.17) is 20.9 Å². The number of hydrogen-bond acceptors (Lipinski definition) is 3. The van der Waals surface area contributed by atoms with Crippen molar-refractivity contribution in [3.8, 4) is 11.1 Å². The van der Waals surface area contributed by atoms with Crippen LogP contribution >= 0.6 is 11.6 Å². The minimum Gasteiger partial charge on any atom is -0.394 e. The predicted molar refractivity (Wildman–Crippen MR) is 103 cm³/mol. The van der Waals surface area contributed by atoms with Crippen molar-refractivity contribution in [1.82, 2.24) is 5.06 Å². The lowest BCUT2D eigenvalue weighted by Gasteiger charge is -2.43. The standard InChI is InChI=1S/C19H26ClNO2Si/c1-21(22-2)19(15-20,23-24(3,4)5)18-13-11-17(12-14-18)16-9-7-6-8-10-16/h6-14H,15H2,1-5H3. The molecule has 0 amide bonds. The molecule has 0 aliphatic rings. The van der Waals surface area contributed by atoms with Crippen molar-refractivity contribution >= 4 is 19.9 Å². The molecule has 3 nitrogen and oxygen atoms in total. The van der Waals surface area contributed by atoms with E-state index in [0.717, 1.165) is 11.1 Å². The maximum atomic E-state index is 6.47. The SMILES string of the molecule is CON(C)C(CCl)(O[Si](C)(C)C)c1ccc(-c2ccccc2)cc1. The van der Waals surface area contributed by atoms with Crippen LogP contribution in [0.4, 0.5) is 0 Å². The Kier molecular flexibility index (Phi) is 6.23. The van der Waals surface area contributed by atoms with Crippen LogP contribution in [0.15, 0.2) is 54.6 Å². The average molecular weight is 364 g/mol. The minimum atomic E-state index is -1.86. The van der Waals surface area contributed by atoms with Crippen molar-refractivity contribution in [2.75, 3.05) is 20.0 Å². The lowest BCUT2D eigenvalue weighted by Crippen LogP contribution is -2.52. The molecule has 0 aliphatic heterocycles. The molecule has 5 heteroatoms. The van der Waals surface area contributed by atoms with Crippen LogP contribution in [0.1, 0.15) is 5.56 Å². The third-order valence-electron chi connectivity index (χ3n) is 3.88. The van der Waals surface area contributed by atoms with E-state index in [1.807, 2.05) is 25.2 Å². The molecule has 2 aromatic rings. The van der Waals surface area contributed by atoms with Crippen molar-refractivity contribution in [3.63, 3.8) is 0 Å². The van der Waals surface area contributed by atoms with E-state index in [1.54, 1.807) is 12.2 Å². The van der Waals surface area contributed by atoms with E-state index >= 15 is 0 Å². The van der Waals surface area contributed by atoms with Crippen molar-refractivity contribution < 1.29 is 9.26 Å². The summed E-state index contributed by atoms with van der Waals surface area (Å²) in [6.45, 7) is 6.45. The molecular formula is C19H26ClNO2Si. The highest BCUT2D eigenvalue weighted by Gasteiger charge is 2.41. The molecule has 0 radical (unpaired) electrons. The topological polar surface area (TPSA) is 21.7 Å². The fourth-order valence-electron chi connectivity index (χ4n) is 2.70. The van der Waals surface area contributed by atoms with E-state index in [2.05, 4.69) is 56.0 Å². The molecule has 1 atom stereocenters. The molecule has 1 unspecified atom stereocenters. The van der Waals surface area contributed by atoms with Crippen LogP contribution in [0.2, 0.25) is 19.6 Å². The van der Waals surface area contributed by atoms with Gasteiger partial charge < -0.3 is 4.43 Å². The maximum Gasteiger partial charge on any atom is 0.186 e. The number of hydrogen-bond donors (Lipinski definition) is 0. The average Bonchev–Trinajstić information content (AvgIpc) is 2.59. The summed E-state index contributed by atoms with van der Waals surface area (Å²) in [5.74, 6) is 0.284. The van der Waals surface area contributed by atoms with Crippen LogP contribution < -0.4 is 0 Å². The number of halogens is 1. The first-order valence-corrected chi connectivity index (χ1v) is 12.0. The van der Waals surface area contributed by atoms with Gasteiger partial charge in [-0.15, -0.1) is 11.6 Å². The molecular weight excluding hydrogens is 338 g/mol. The van der Waals surface area contributed by atoms with Crippen LogP contribution in [0.25, 0.3) is 11.1 Å². The Morgan fingerprint density at radius 1 is 0.958 bits per heavy atom. The quantitative estimate of drug-likeness (QED) is 0.296. The summed E-state index contributed by atoms with van der Waals surface area (Å²) in [5.41, 5.74) is 2.54. The lowest BCUT2D eigenvalue weighted by molar-refractivity contribution is -0.253. The zero-order chi connectivity index (χ0) is 17.8. The second-order valence-electron chi connectivity index (χ2n) is 6.76. The van der Waals surface area contributed by atoms with Crippen LogP contribution in [0, 0.1) is 0 Å². The Labute approximate surface area is 151 Å². The number of nitrogens with zero attached hydrogens (tertiary/aromatic N) is 1. The summed E-state index contributed by atoms with van der Waals surface area (Å²) < 4.78 is 6.47. The highest BCUT2D eigenvalue weighted by Crippen LogP contribution is 2.35. The number of rotatable bonds is 7. The molecule has 0 bridgehead atoms.